The SMILES string of the molecule is C[C@H]1CC[C@@H]2[C@](C)(CO)[C@@H](O)CC[C@]2(C)[C@@]12CC[C@]1(CCOC1)O2. The molecule has 4 rings (SSSR count). The van der Waals surface area contributed by atoms with E-state index in [4.69, 9.17) is 9.47 Å². The van der Waals surface area contributed by atoms with Gasteiger partial charge in [0.05, 0.1) is 30.5 Å². The molecule has 7 atom stereocenters. The molecule has 138 valence electrons. The molecule has 0 aromatic carbocycles. The van der Waals surface area contributed by atoms with Crippen LogP contribution >= 0.6 is 0 Å². The molecule has 2 spiro atoms. The summed E-state index contributed by atoms with van der Waals surface area (Å²) in [6.07, 6.45) is 6.78. The molecule has 4 aliphatic rings. The summed E-state index contributed by atoms with van der Waals surface area (Å²) in [5.74, 6) is 0.837. The zero-order chi connectivity index (χ0) is 17.2. The average molecular weight is 338 g/mol. The van der Waals surface area contributed by atoms with Gasteiger partial charge in [-0.3, -0.25) is 0 Å². The number of aliphatic hydroxyl groups excluding tert-OH is 2. The van der Waals surface area contributed by atoms with Gasteiger partial charge in [0.1, 0.15) is 0 Å². The van der Waals surface area contributed by atoms with Crippen molar-refractivity contribution in [1.82, 2.24) is 0 Å². The summed E-state index contributed by atoms with van der Waals surface area (Å²) in [5, 5.41) is 20.8. The van der Waals surface area contributed by atoms with Crippen LogP contribution < -0.4 is 0 Å². The van der Waals surface area contributed by atoms with E-state index < -0.39 is 11.5 Å². The predicted molar refractivity (Wildman–Crippen MR) is 91.6 cm³/mol. The van der Waals surface area contributed by atoms with Gasteiger partial charge in [-0.05, 0) is 50.4 Å². The van der Waals surface area contributed by atoms with Crippen LogP contribution in [0.25, 0.3) is 0 Å². The van der Waals surface area contributed by atoms with Crippen LogP contribution in [0.4, 0.5) is 0 Å². The Labute approximate surface area is 145 Å². The van der Waals surface area contributed by atoms with Crippen LogP contribution in [0.1, 0.15) is 65.7 Å². The Hall–Kier alpha value is -0.160. The zero-order valence-corrected chi connectivity index (χ0v) is 15.5. The van der Waals surface area contributed by atoms with Crippen molar-refractivity contribution in [3.05, 3.63) is 0 Å². The number of ether oxygens (including phenoxy) is 2. The minimum absolute atomic E-state index is 0.0213. The zero-order valence-electron chi connectivity index (χ0n) is 15.5. The van der Waals surface area contributed by atoms with E-state index in [-0.39, 0.29) is 23.2 Å². The molecular formula is C20H34O4. The second kappa shape index (κ2) is 5.42. The van der Waals surface area contributed by atoms with E-state index in [1.807, 2.05) is 0 Å². The largest absolute Gasteiger partial charge is 0.396 e. The van der Waals surface area contributed by atoms with Crippen molar-refractivity contribution in [2.24, 2.45) is 22.7 Å². The summed E-state index contributed by atoms with van der Waals surface area (Å²) < 4.78 is 12.7. The number of hydrogen-bond donors (Lipinski definition) is 2. The molecule has 0 aromatic heterocycles. The summed E-state index contributed by atoms with van der Waals surface area (Å²) in [6.45, 7) is 8.46. The molecule has 2 aliphatic carbocycles. The molecule has 24 heavy (non-hydrogen) atoms. The molecule has 2 saturated heterocycles. The van der Waals surface area contributed by atoms with Crippen molar-refractivity contribution in [3.63, 3.8) is 0 Å². The Balaban J connectivity index is 1.74. The highest BCUT2D eigenvalue weighted by Gasteiger charge is 2.69. The third-order valence-electron chi connectivity index (χ3n) is 8.67. The van der Waals surface area contributed by atoms with Crippen LogP contribution in [0.15, 0.2) is 0 Å². The van der Waals surface area contributed by atoms with Gasteiger partial charge in [0, 0.05) is 23.9 Å². The average Bonchev–Trinajstić information content (AvgIpc) is 3.18. The Bertz CT molecular complexity index is 502. The summed E-state index contributed by atoms with van der Waals surface area (Å²) in [4.78, 5) is 0. The van der Waals surface area contributed by atoms with Crippen molar-refractivity contribution in [2.75, 3.05) is 19.8 Å². The van der Waals surface area contributed by atoms with Crippen LogP contribution in [-0.4, -0.2) is 47.3 Å². The van der Waals surface area contributed by atoms with Gasteiger partial charge >= 0.3 is 0 Å². The molecule has 4 nitrogen and oxygen atoms in total. The van der Waals surface area contributed by atoms with E-state index in [2.05, 4.69) is 20.8 Å². The fourth-order valence-electron chi connectivity index (χ4n) is 7.00. The lowest BCUT2D eigenvalue weighted by Gasteiger charge is -2.65. The van der Waals surface area contributed by atoms with Gasteiger partial charge in [0.15, 0.2) is 0 Å². The maximum absolute atomic E-state index is 10.7. The van der Waals surface area contributed by atoms with Gasteiger partial charge in [0.25, 0.3) is 0 Å². The maximum atomic E-state index is 10.7. The second-order valence-corrected chi connectivity index (χ2v) is 9.64. The topological polar surface area (TPSA) is 58.9 Å². The fourth-order valence-corrected chi connectivity index (χ4v) is 7.00. The lowest BCUT2D eigenvalue weighted by molar-refractivity contribution is -0.266. The summed E-state index contributed by atoms with van der Waals surface area (Å²) >= 11 is 0. The van der Waals surface area contributed by atoms with E-state index in [1.165, 1.54) is 0 Å². The number of aliphatic hydroxyl groups is 2. The van der Waals surface area contributed by atoms with E-state index in [0.717, 1.165) is 58.2 Å². The monoisotopic (exact) mass is 338 g/mol. The normalized spacial score (nSPS) is 57.6. The van der Waals surface area contributed by atoms with Crippen LogP contribution in [0.3, 0.4) is 0 Å². The Morgan fingerprint density at radius 2 is 1.83 bits per heavy atom. The van der Waals surface area contributed by atoms with Crippen LogP contribution in [0, 0.1) is 22.7 Å². The van der Waals surface area contributed by atoms with Crippen molar-refractivity contribution in [1.29, 1.82) is 0 Å². The maximum Gasteiger partial charge on any atom is 0.0945 e. The minimum atomic E-state index is -0.411. The Morgan fingerprint density at radius 3 is 2.50 bits per heavy atom. The molecule has 0 aromatic rings. The second-order valence-electron chi connectivity index (χ2n) is 9.64. The van der Waals surface area contributed by atoms with Gasteiger partial charge in [0.2, 0.25) is 0 Å². The molecule has 2 saturated carbocycles. The third-order valence-corrected chi connectivity index (χ3v) is 8.67. The van der Waals surface area contributed by atoms with Gasteiger partial charge < -0.3 is 19.7 Å². The highest BCUT2D eigenvalue weighted by molar-refractivity contribution is 5.17. The van der Waals surface area contributed by atoms with E-state index in [0.29, 0.717) is 11.8 Å². The summed E-state index contributed by atoms with van der Waals surface area (Å²) in [5.41, 5.74) is -0.593. The molecule has 0 radical (unpaired) electrons. The lowest BCUT2D eigenvalue weighted by Crippen LogP contribution is -2.66. The Morgan fingerprint density at radius 1 is 1.04 bits per heavy atom. The first-order valence-corrected chi connectivity index (χ1v) is 9.89. The quantitative estimate of drug-likeness (QED) is 0.772. The summed E-state index contributed by atoms with van der Waals surface area (Å²) in [7, 11) is 0. The number of hydrogen-bond acceptors (Lipinski definition) is 4. The third kappa shape index (κ3) is 2.00. The van der Waals surface area contributed by atoms with E-state index in [1.54, 1.807) is 0 Å². The van der Waals surface area contributed by atoms with Crippen molar-refractivity contribution in [2.45, 2.75) is 83.0 Å². The molecule has 2 aliphatic heterocycles. The molecule has 0 unspecified atom stereocenters. The molecule has 4 heteroatoms. The first-order valence-electron chi connectivity index (χ1n) is 9.89. The smallest absolute Gasteiger partial charge is 0.0945 e. The first kappa shape index (κ1) is 17.3. The van der Waals surface area contributed by atoms with Crippen LogP contribution in [-0.2, 0) is 9.47 Å². The van der Waals surface area contributed by atoms with Crippen molar-refractivity contribution < 1.29 is 19.7 Å². The molecule has 2 heterocycles. The van der Waals surface area contributed by atoms with Gasteiger partial charge in [-0.2, -0.15) is 0 Å². The van der Waals surface area contributed by atoms with E-state index >= 15 is 0 Å². The first-order chi connectivity index (χ1) is 11.3. The molecule has 0 amide bonds. The van der Waals surface area contributed by atoms with Crippen LogP contribution in [0.2, 0.25) is 0 Å². The number of rotatable bonds is 1. The van der Waals surface area contributed by atoms with Crippen molar-refractivity contribution >= 4 is 0 Å². The number of fused-ring (bicyclic) bond motifs is 2. The predicted octanol–water partition coefficient (Wildman–Crippen LogP) is 2.90. The van der Waals surface area contributed by atoms with E-state index in [9.17, 15) is 10.2 Å². The molecule has 2 N–H and O–H groups in total. The molecule has 4 fully saturated rings. The van der Waals surface area contributed by atoms with Gasteiger partial charge in [-0.15, -0.1) is 0 Å². The highest BCUT2D eigenvalue weighted by atomic mass is 16.6. The molecular weight excluding hydrogens is 304 g/mol. The fraction of sp³-hybridized carbons (Fsp3) is 1.00. The van der Waals surface area contributed by atoms with Crippen LogP contribution in [0.5, 0.6) is 0 Å². The molecule has 0 bridgehead atoms. The summed E-state index contributed by atoms with van der Waals surface area (Å²) in [6, 6.07) is 0. The van der Waals surface area contributed by atoms with Gasteiger partial charge in [-0.25, -0.2) is 0 Å². The minimum Gasteiger partial charge on any atom is -0.396 e. The lowest BCUT2D eigenvalue weighted by atomic mass is 9.43. The van der Waals surface area contributed by atoms with Gasteiger partial charge in [-0.1, -0.05) is 20.8 Å². The Kier molecular flexibility index (Phi) is 3.90. The van der Waals surface area contributed by atoms with Crippen molar-refractivity contribution in [3.8, 4) is 0 Å². The highest BCUT2D eigenvalue weighted by Crippen LogP contribution is 2.68. The standard InChI is InChI=1S/C20H34O4/c1-14-4-5-15-17(2,12-21)16(22)6-7-18(15,3)20(14)9-8-19(24-20)10-11-23-13-19/h14-16,21-22H,4-13H2,1-3H3/t14-,15+,16-,17-,18-,19+,20+/m0/s1.